The second-order valence-corrected chi connectivity index (χ2v) is 38.3. The number of anilines is 6. The van der Waals surface area contributed by atoms with Gasteiger partial charge in [-0.05, 0) is 212 Å². The minimum atomic E-state index is 0.0215. The molecule has 20 nitrogen and oxygen atoms in total. The Kier molecular flexibility index (Phi) is 32.8. The Hall–Kier alpha value is -10.4. The van der Waals surface area contributed by atoms with E-state index in [-0.39, 0.29) is 16.7 Å². The summed E-state index contributed by atoms with van der Waals surface area (Å²) in [5.41, 5.74) is 14.6. The minimum absolute atomic E-state index is 0.0215. The number of phenols is 1. The van der Waals surface area contributed by atoms with Crippen molar-refractivity contribution in [2.45, 2.75) is 305 Å². The number of imidazole rings is 6. The van der Waals surface area contributed by atoms with Crippen LogP contribution in [-0.2, 0) is 6.42 Å². The lowest BCUT2D eigenvalue weighted by atomic mass is 9.82. The molecule has 0 atom stereocenters. The van der Waals surface area contributed by atoms with Gasteiger partial charge in [0.2, 0.25) is 0 Å². The fourth-order valence-electron chi connectivity index (χ4n) is 18.4. The van der Waals surface area contributed by atoms with Gasteiger partial charge in [-0.25, -0.2) is 29.9 Å². The summed E-state index contributed by atoms with van der Waals surface area (Å²) in [7, 11) is 0. The van der Waals surface area contributed by atoms with Gasteiger partial charge in [-0.15, -0.1) is 0 Å². The highest BCUT2D eigenvalue weighted by atomic mass is 35.5. The monoisotopic (exact) mass is 1740 g/mol. The molecule has 4 saturated carbocycles. The average Bonchev–Trinajstić information content (AvgIpc) is 1.61. The first-order valence-corrected chi connectivity index (χ1v) is 48.0. The summed E-state index contributed by atoms with van der Waals surface area (Å²) >= 11 is 12.6. The summed E-state index contributed by atoms with van der Waals surface area (Å²) in [5, 5.41) is 33.7. The van der Waals surface area contributed by atoms with E-state index in [4.69, 9.17) is 57.8 Å². The molecule has 0 saturated heterocycles. The van der Waals surface area contributed by atoms with E-state index in [9.17, 15) is 5.11 Å². The molecule has 4 aliphatic rings. The highest BCUT2D eigenvalue weighted by Crippen LogP contribution is 2.41. The molecule has 14 aromatic rings. The third-order valence-corrected chi connectivity index (χ3v) is 24.9. The number of phenolic OH excluding ortho intramolecular Hbond substituents is 1. The normalized spacial score (nSPS) is 15.0. The Morgan fingerprint density at radius 3 is 1.29 bits per heavy atom. The van der Waals surface area contributed by atoms with Gasteiger partial charge in [0.25, 0.3) is 0 Å². The molecule has 0 unspecified atom stereocenters. The summed E-state index contributed by atoms with van der Waals surface area (Å²) < 4.78 is 18.4. The van der Waals surface area contributed by atoms with Crippen LogP contribution in [0.1, 0.15) is 292 Å². The van der Waals surface area contributed by atoms with Crippen molar-refractivity contribution in [2.75, 3.05) is 45.1 Å². The molecular weight excluding hydrogens is 1600 g/mol. The van der Waals surface area contributed by atoms with Crippen molar-refractivity contribution in [2.24, 2.45) is 5.41 Å². The highest BCUT2D eigenvalue weighted by Gasteiger charge is 2.30. The first-order valence-electron chi connectivity index (χ1n) is 47.3. The number of aromatic hydroxyl groups is 1. The van der Waals surface area contributed by atoms with E-state index < -0.39 is 0 Å². The van der Waals surface area contributed by atoms with Crippen molar-refractivity contribution in [1.29, 1.82) is 0 Å². The summed E-state index contributed by atoms with van der Waals surface area (Å²) in [6.07, 6.45) is 44.1. The number of halogens is 2. The van der Waals surface area contributed by atoms with Crippen LogP contribution in [0.4, 0.5) is 34.9 Å². The van der Waals surface area contributed by atoms with Gasteiger partial charge in [0, 0.05) is 84.6 Å². The van der Waals surface area contributed by atoms with E-state index in [1.54, 1.807) is 6.07 Å². The number of aromatic nitrogens is 12. The summed E-state index contributed by atoms with van der Waals surface area (Å²) in [6.45, 7) is 32.4. The van der Waals surface area contributed by atoms with Crippen molar-refractivity contribution < 1.29 is 9.84 Å². The predicted molar refractivity (Wildman–Crippen MR) is 528 cm³/mol. The Morgan fingerprint density at radius 2 is 0.825 bits per heavy atom. The van der Waals surface area contributed by atoms with E-state index in [0.717, 1.165) is 132 Å². The molecule has 4 aliphatic carbocycles. The molecule has 7 N–H and O–H groups in total. The molecule has 0 amide bonds. The van der Waals surface area contributed by atoms with Gasteiger partial charge in [-0.1, -0.05) is 238 Å². The molecule has 4 fully saturated rings. The van der Waals surface area contributed by atoms with Crippen molar-refractivity contribution in [3.63, 3.8) is 0 Å². The average molecular weight is 1750 g/mol. The first-order chi connectivity index (χ1) is 60.9. The first kappa shape index (κ1) is 93.2. The second kappa shape index (κ2) is 44.3. The molecule has 0 spiro atoms. The van der Waals surface area contributed by atoms with Crippen molar-refractivity contribution >= 4 is 92.0 Å². The van der Waals surface area contributed by atoms with Crippen LogP contribution in [0.3, 0.4) is 0 Å². The van der Waals surface area contributed by atoms with E-state index >= 15 is 0 Å². The van der Waals surface area contributed by atoms with Crippen molar-refractivity contribution in [1.82, 2.24) is 56.3 Å². The van der Waals surface area contributed by atoms with Gasteiger partial charge in [0.1, 0.15) is 80.2 Å². The third-order valence-electron chi connectivity index (χ3n) is 24.3. The van der Waals surface area contributed by atoms with Crippen LogP contribution >= 0.6 is 23.2 Å². The maximum absolute atomic E-state index is 10.0. The molecule has 0 radical (unpaired) electrons. The number of hydrogen-bond acceptors (Lipinski definition) is 14. The standard InChI is InChI=1S/C21H25N3O2.C19H20ClN3.C18H29N3.C16H22ClN3.C15H21N3.C15H23N3/c1-2-26-18-14-15(11-12-17(18)25)20-21(22-16-8-4-3-5-9-16)24-13-7-6-10-19(24)23-20;20-16-11-5-4-10-15(16)18-19(21-14-8-2-1-3-9-14)23-13-7-6-12-17(23)22-18;1-13(2)15-16(20-18(6,7)12-17(3,4)5)21-11-9-8-10-14(21)19-15;1-11(2)15-16(18-13-6-4-3-5-7-13)20-10-12(17)8-9-14(20)19-15;1-2-13-15(16-12-8-4-3-5-9-12)18-11-7-6-10-14(18)17-13;1-4-5-7-10-16-15-14(12(2)3)17-13-9-6-8-11-18(13)15/h6-7,10-14,16,22,25H,2-5,8-9H2,1H3;4-7,10-14,21H,1-3,8-9H2;8-11,13,20H,12H2,1-7H3;8-11,13,18H,3-7H2,1-2H3;6-7,10-12,16H,2-5,8-9H2,1H3;6,8-9,11-12,16H,4-5,7,10H2,1-3H3. The number of rotatable bonds is 24. The number of ether oxygens (including phenoxy) is 1. The van der Waals surface area contributed by atoms with E-state index in [1.165, 1.54) is 159 Å². The number of hydrogen-bond donors (Lipinski definition) is 7. The van der Waals surface area contributed by atoms with Crippen LogP contribution in [0.2, 0.25) is 10.0 Å². The lowest BCUT2D eigenvalue weighted by molar-refractivity contribution is 0.301. The van der Waals surface area contributed by atoms with Gasteiger partial charge in [-0.3, -0.25) is 26.4 Å². The van der Waals surface area contributed by atoms with Crippen molar-refractivity contribution in [3.8, 4) is 34.0 Å². The number of unbranched alkanes of at least 4 members (excludes halogenated alkanes) is 2. The third kappa shape index (κ3) is 24.3. The summed E-state index contributed by atoms with van der Waals surface area (Å²) in [5.74, 6) is 8.60. The van der Waals surface area contributed by atoms with Gasteiger partial charge < -0.3 is 41.7 Å². The summed E-state index contributed by atoms with van der Waals surface area (Å²) in [4.78, 5) is 28.6. The maximum Gasteiger partial charge on any atom is 0.161 e. The molecular formula is C104H140Cl2N18O2. The van der Waals surface area contributed by atoms with Crippen LogP contribution in [0, 0.1) is 5.41 Å². The number of aryl methyl sites for hydroxylation is 1. The van der Waals surface area contributed by atoms with Gasteiger partial charge >= 0.3 is 0 Å². The van der Waals surface area contributed by atoms with Gasteiger partial charge in [0.05, 0.1) is 39.4 Å². The molecule has 0 bridgehead atoms. The van der Waals surface area contributed by atoms with Gasteiger partial charge in [0.15, 0.2) is 11.5 Å². The Morgan fingerprint density at radius 1 is 0.421 bits per heavy atom. The predicted octanol–water partition coefficient (Wildman–Crippen LogP) is 27.9. The van der Waals surface area contributed by atoms with E-state index in [1.807, 2.05) is 122 Å². The zero-order chi connectivity index (χ0) is 88.9. The van der Waals surface area contributed by atoms with Gasteiger partial charge in [-0.2, -0.15) is 0 Å². The van der Waals surface area contributed by atoms with Crippen LogP contribution in [-0.4, -0.2) is 104 Å². The smallest absolute Gasteiger partial charge is 0.161 e. The molecule has 126 heavy (non-hydrogen) atoms. The highest BCUT2D eigenvalue weighted by molar-refractivity contribution is 6.33. The quantitative estimate of drug-likeness (QED) is 0.0281. The molecule has 12 aromatic heterocycles. The Labute approximate surface area is 758 Å². The molecule has 22 heteroatoms. The lowest BCUT2D eigenvalue weighted by Gasteiger charge is -2.34. The second-order valence-electron chi connectivity index (χ2n) is 37.5. The molecule has 12 heterocycles. The van der Waals surface area contributed by atoms with Crippen LogP contribution in [0.15, 0.2) is 183 Å². The Balaban J connectivity index is 0.000000130. The molecule has 18 rings (SSSR count). The fraction of sp³-hybridized carbons (Fsp3) is 0.481. The lowest BCUT2D eigenvalue weighted by Crippen LogP contribution is -2.36. The number of fused-ring (bicyclic) bond motifs is 6. The molecule has 0 aliphatic heterocycles. The maximum atomic E-state index is 10.0. The van der Waals surface area contributed by atoms with Crippen LogP contribution < -0.4 is 36.6 Å². The topological polar surface area (TPSA) is 205 Å². The number of benzene rings is 2. The largest absolute Gasteiger partial charge is 0.504 e. The SMILES string of the molecule is CC(C)c1nc2ccc(Cl)cn2c1NC1CCCCC1.CC(C)c1nc2ccccn2c1NC(C)(C)CC(C)(C)C.CCCCCNc1c(C(C)C)nc2ccccn12.CCOc1cc(-c2nc3ccccn3c2NC2CCCCC2)ccc1O.CCc1nc2ccccn2c1NC1CCCCC1.Clc1ccccc1-c1nc2ccccn2c1NC1CCCCC1. The number of nitrogens with zero attached hydrogens (tertiary/aromatic N) is 12. The number of nitrogens with one attached hydrogen (secondary N) is 6. The molecule has 2 aromatic carbocycles. The van der Waals surface area contributed by atoms with Crippen molar-refractivity contribution in [3.05, 3.63) is 216 Å². The van der Waals surface area contributed by atoms with E-state index in [0.29, 0.717) is 54.3 Å². The number of pyridine rings is 6. The molecule has 672 valence electrons. The fourth-order valence-corrected chi connectivity index (χ4v) is 18.8. The van der Waals surface area contributed by atoms with E-state index in [2.05, 4.69) is 209 Å². The minimum Gasteiger partial charge on any atom is -0.504 e. The summed E-state index contributed by atoms with van der Waals surface area (Å²) in [6, 6.07) is 50.1. The zero-order valence-electron chi connectivity index (χ0n) is 77.4. The zero-order valence-corrected chi connectivity index (χ0v) is 78.9. The van der Waals surface area contributed by atoms with Crippen LogP contribution in [0.25, 0.3) is 56.4 Å². The van der Waals surface area contributed by atoms with Crippen LogP contribution in [0.5, 0.6) is 11.5 Å². The Bertz CT molecular complexity index is 5760.